The molecule has 2 fully saturated rings. The van der Waals surface area contributed by atoms with E-state index < -0.39 is 0 Å². The molecule has 1 aliphatic heterocycles. The van der Waals surface area contributed by atoms with E-state index in [1.807, 2.05) is 19.1 Å². The van der Waals surface area contributed by atoms with E-state index >= 15 is 0 Å². The first-order chi connectivity index (χ1) is 10.2. The standard InChI is InChI=1S/C18H21NO2/c1-12-2-7-18(21-12)14-5-3-13(4-6-14)9-19-10-15-8-17(20)16(15)11-19/h2-7,15-17,20H,8-11H2,1H3/t15-,16+,17+/m1/s1. The number of furan rings is 1. The van der Waals surface area contributed by atoms with E-state index in [4.69, 9.17) is 4.42 Å². The maximum Gasteiger partial charge on any atom is 0.134 e. The van der Waals surface area contributed by atoms with Gasteiger partial charge in [0.15, 0.2) is 0 Å². The Labute approximate surface area is 125 Å². The van der Waals surface area contributed by atoms with Gasteiger partial charge in [0.1, 0.15) is 11.5 Å². The molecular formula is C18H21NO2. The van der Waals surface area contributed by atoms with Crippen molar-refractivity contribution in [2.75, 3.05) is 13.1 Å². The second-order valence-corrected chi connectivity index (χ2v) is 6.53. The van der Waals surface area contributed by atoms with E-state index in [1.165, 1.54) is 5.56 Å². The van der Waals surface area contributed by atoms with Crippen molar-refractivity contribution in [1.82, 2.24) is 4.90 Å². The average Bonchev–Trinajstić information content (AvgIpc) is 3.04. The molecule has 3 nitrogen and oxygen atoms in total. The van der Waals surface area contributed by atoms with Crippen LogP contribution in [0.2, 0.25) is 0 Å². The summed E-state index contributed by atoms with van der Waals surface area (Å²) in [6.07, 6.45) is 0.947. The molecule has 1 saturated heterocycles. The highest BCUT2D eigenvalue weighted by Gasteiger charge is 2.45. The fourth-order valence-corrected chi connectivity index (χ4v) is 3.71. The fourth-order valence-electron chi connectivity index (χ4n) is 3.71. The molecule has 1 aromatic heterocycles. The Morgan fingerprint density at radius 3 is 2.57 bits per heavy atom. The first-order valence-electron chi connectivity index (χ1n) is 7.75. The summed E-state index contributed by atoms with van der Waals surface area (Å²) in [4.78, 5) is 2.47. The van der Waals surface area contributed by atoms with Gasteiger partial charge in [-0.1, -0.05) is 24.3 Å². The zero-order chi connectivity index (χ0) is 14.4. The lowest BCUT2D eigenvalue weighted by atomic mass is 9.74. The lowest BCUT2D eigenvalue weighted by Crippen LogP contribution is -2.39. The molecule has 0 bridgehead atoms. The summed E-state index contributed by atoms with van der Waals surface area (Å²) in [5.74, 6) is 3.13. The van der Waals surface area contributed by atoms with Gasteiger partial charge in [-0.25, -0.2) is 0 Å². The minimum atomic E-state index is -0.0513. The third-order valence-electron chi connectivity index (χ3n) is 4.99. The average molecular weight is 283 g/mol. The Hall–Kier alpha value is -1.58. The smallest absolute Gasteiger partial charge is 0.134 e. The van der Waals surface area contributed by atoms with E-state index in [0.717, 1.165) is 49.1 Å². The second kappa shape index (κ2) is 5.00. The van der Waals surface area contributed by atoms with Crippen LogP contribution in [0.5, 0.6) is 0 Å². The van der Waals surface area contributed by atoms with Crippen LogP contribution in [0.3, 0.4) is 0 Å². The Morgan fingerprint density at radius 2 is 1.95 bits per heavy atom. The summed E-state index contributed by atoms with van der Waals surface area (Å²) in [5, 5.41) is 9.73. The van der Waals surface area contributed by atoms with Crippen LogP contribution in [0.1, 0.15) is 17.7 Å². The Kier molecular flexibility index (Phi) is 3.12. The van der Waals surface area contributed by atoms with Crippen molar-refractivity contribution < 1.29 is 9.52 Å². The number of hydrogen-bond donors (Lipinski definition) is 1. The molecule has 21 heavy (non-hydrogen) atoms. The third kappa shape index (κ3) is 2.41. The van der Waals surface area contributed by atoms with Crippen LogP contribution < -0.4 is 0 Å². The van der Waals surface area contributed by atoms with E-state index in [9.17, 15) is 5.11 Å². The summed E-state index contributed by atoms with van der Waals surface area (Å²) in [6.45, 7) is 5.14. The van der Waals surface area contributed by atoms with Crippen molar-refractivity contribution in [3.05, 3.63) is 47.7 Å². The van der Waals surface area contributed by atoms with Gasteiger partial charge in [0.2, 0.25) is 0 Å². The lowest BCUT2D eigenvalue weighted by Gasteiger charge is -2.35. The number of aryl methyl sites for hydroxylation is 1. The Bertz CT molecular complexity index is 631. The van der Waals surface area contributed by atoms with Crippen LogP contribution in [0.15, 0.2) is 40.8 Å². The van der Waals surface area contributed by atoms with Gasteiger partial charge in [-0.3, -0.25) is 4.90 Å². The summed E-state index contributed by atoms with van der Waals surface area (Å²) < 4.78 is 5.65. The summed E-state index contributed by atoms with van der Waals surface area (Å²) in [5.41, 5.74) is 2.46. The number of aliphatic hydroxyl groups excluding tert-OH is 1. The molecule has 3 atom stereocenters. The number of hydrogen-bond acceptors (Lipinski definition) is 3. The maximum absolute atomic E-state index is 9.73. The van der Waals surface area contributed by atoms with Crippen LogP contribution in [-0.2, 0) is 6.54 Å². The molecule has 1 N–H and O–H groups in total. The SMILES string of the molecule is Cc1ccc(-c2ccc(CN3C[C@H]4C[C@H](O)[C@H]4C3)cc2)o1. The number of likely N-dealkylation sites (tertiary alicyclic amines) is 1. The van der Waals surface area contributed by atoms with Crippen LogP contribution in [0, 0.1) is 18.8 Å². The van der Waals surface area contributed by atoms with Gasteiger partial charge in [0.05, 0.1) is 6.10 Å². The predicted octanol–water partition coefficient (Wildman–Crippen LogP) is 3.07. The zero-order valence-corrected chi connectivity index (χ0v) is 12.3. The van der Waals surface area contributed by atoms with Crippen molar-refractivity contribution in [2.45, 2.75) is 26.0 Å². The predicted molar refractivity (Wildman–Crippen MR) is 81.8 cm³/mol. The van der Waals surface area contributed by atoms with E-state index in [2.05, 4.69) is 29.2 Å². The van der Waals surface area contributed by atoms with Crippen LogP contribution >= 0.6 is 0 Å². The number of nitrogens with zero attached hydrogens (tertiary/aromatic N) is 1. The largest absolute Gasteiger partial charge is 0.461 e. The second-order valence-electron chi connectivity index (χ2n) is 6.53. The van der Waals surface area contributed by atoms with Gasteiger partial charge in [-0.15, -0.1) is 0 Å². The number of benzene rings is 1. The van der Waals surface area contributed by atoms with Gasteiger partial charge in [0.25, 0.3) is 0 Å². The lowest BCUT2D eigenvalue weighted by molar-refractivity contribution is -0.00435. The summed E-state index contributed by atoms with van der Waals surface area (Å²) >= 11 is 0. The van der Waals surface area contributed by atoms with Crippen molar-refractivity contribution in [3.8, 4) is 11.3 Å². The molecule has 1 saturated carbocycles. The molecule has 2 heterocycles. The first kappa shape index (κ1) is 13.1. The molecule has 3 heteroatoms. The van der Waals surface area contributed by atoms with E-state index in [1.54, 1.807) is 0 Å². The monoisotopic (exact) mass is 283 g/mol. The number of aliphatic hydroxyl groups is 1. The van der Waals surface area contributed by atoms with Gasteiger partial charge >= 0.3 is 0 Å². The first-order valence-corrected chi connectivity index (χ1v) is 7.75. The van der Waals surface area contributed by atoms with Crippen molar-refractivity contribution in [3.63, 3.8) is 0 Å². The highest BCUT2D eigenvalue weighted by atomic mass is 16.3. The van der Waals surface area contributed by atoms with Crippen LogP contribution in [0.25, 0.3) is 11.3 Å². The third-order valence-corrected chi connectivity index (χ3v) is 4.99. The molecule has 1 aromatic carbocycles. The minimum absolute atomic E-state index is 0.0513. The molecule has 0 unspecified atom stereocenters. The molecular weight excluding hydrogens is 262 g/mol. The maximum atomic E-state index is 9.73. The summed E-state index contributed by atoms with van der Waals surface area (Å²) in [6, 6.07) is 12.6. The minimum Gasteiger partial charge on any atom is -0.461 e. The van der Waals surface area contributed by atoms with Crippen molar-refractivity contribution in [2.24, 2.45) is 11.8 Å². The van der Waals surface area contributed by atoms with E-state index in [-0.39, 0.29) is 6.10 Å². The quantitative estimate of drug-likeness (QED) is 0.940. The number of fused-ring (bicyclic) bond motifs is 1. The van der Waals surface area contributed by atoms with Gasteiger partial charge in [-0.05, 0) is 37.0 Å². The molecule has 0 radical (unpaired) electrons. The van der Waals surface area contributed by atoms with E-state index in [0.29, 0.717) is 5.92 Å². The highest BCUT2D eigenvalue weighted by molar-refractivity contribution is 5.57. The normalized spacial score (nSPS) is 28.4. The van der Waals surface area contributed by atoms with Gasteiger partial charge in [0, 0.05) is 31.1 Å². The van der Waals surface area contributed by atoms with Crippen molar-refractivity contribution in [1.29, 1.82) is 0 Å². The van der Waals surface area contributed by atoms with Gasteiger partial charge in [-0.2, -0.15) is 0 Å². The molecule has 2 aromatic rings. The molecule has 1 aliphatic carbocycles. The van der Waals surface area contributed by atoms with Crippen LogP contribution in [0.4, 0.5) is 0 Å². The molecule has 0 amide bonds. The number of rotatable bonds is 3. The summed E-state index contributed by atoms with van der Waals surface area (Å²) in [7, 11) is 0. The molecule has 0 spiro atoms. The Morgan fingerprint density at radius 1 is 1.14 bits per heavy atom. The van der Waals surface area contributed by atoms with Crippen molar-refractivity contribution >= 4 is 0 Å². The molecule has 4 rings (SSSR count). The fraction of sp³-hybridized carbons (Fsp3) is 0.444. The van der Waals surface area contributed by atoms with Crippen LogP contribution in [-0.4, -0.2) is 29.2 Å². The Balaban J connectivity index is 1.43. The molecule has 2 aliphatic rings. The molecule has 110 valence electrons. The highest BCUT2D eigenvalue weighted by Crippen LogP contribution is 2.41. The zero-order valence-electron chi connectivity index (χ0n) is 12.3. The van der Waals surface area contributed by atoms with Gasteiger partial charge < -0.3 is 9.52 Å². The topological polar surface area (TPSA) is 36.6 Å².